The highest BCUT2D eigenvalue weighted by atomic mass is 35.5. The third-order valence-electron chi connectivity index (χ3n) is 5.42. The van der Waals surface area contributed by atoms with E-state index in [2.05, 4.69) is 14.9 Å². The van der Waals surface area contributed by atoms with Crippen LogP contribution in [0, 0.1) is 0 Å². The van der Waals surface area contributed by atoms with Gasteiger partial charge in [0.15, 0.2) is 17.3 Å². The minimum absolute atomic E-state index is 0.0119. The van der Waals surface area contributed by atoms with E-state index in [1.807, 2.05) is 0 Å². The first kappa shape index (κ1) is 27.5. The topological polar surface area (TPSA) is 84.7 Å². The summed E-state index contributed by atoms with van der Waals surface area (Å²) < 4.78 is 102. The van der Waals surface area contributed by atoms with E-state index < -0.39 is 54.5 Å². The number of rotatable bonds is 6. The van der Waals surface area contributed by atoms with E-state index >= 15 is 0 Å². The number of fused-ring (bicyclic) bond motifs is 3. The SMILES string of the molecule is CCOC(=O)C[C@@H]1O[C@@H](c2cccc(OC(F)(F)F)c2OC)c2cc(Cl)ccc2-n2c1nnc2C(F)(F)F. The minimum atomic E-state index is -5.07. The molecule has 0 aliphatic carbocycles. The largest absolute Gasteiger partial charge is 0.573 e. The van der Waals surface area contributed by atoms with Crippen molar-refractivity contribution >= 4 is 17.6 Å². The van der Waals surface area contributed by atoms with Crippen molar-refractivity contribution in [3.63, 3.8) is 0 Å². The zero-order chi connectivity index (χ0) is 27.8. The summed E-state index contributed by atoms with van der Waals surface area (Å²) in [5, 5.41) is 7.02. The van der Waals surface area contributed by atoms with Crippen molar-refractivity contribution < 1.29 is 50.1 Å². The zero-order valence-electron chi connectivity index (χ0n) is 19.6. The molecular weight excluding hydrogens is 548 g/mol. The highest BCUT2D eigenvalue weighted by Gasteiger charge is 2.44. The Labute approximate surface area is 216 Å². The van der Waals surface area contributed by atoms with Crippen molar-refractivity contribution in [2.24, 2.45) is 0 Å². The van der Waals surface area contributed by atoms with E-state index in [9.17, 15) is 31.1 Å². The first-order valence-corrected chi connectivity index (χ1v) is 11.3. The molecule has 0 bridgehead atoms. The second-order valence-corrected chi connectivity index (χ2v) is 8.29. The minimum Gasteiger partial charge on any atom is -0.492 e. The molecule has 2 atom stereocenters. The van der Waals surface area contributed by atoms with Crippen LogP contribution >= 0.6 is 11.6 Å². The Hall–Kier alpha value is -3.52. The van der Waals surface area contributed by atoms with Gasteiger partial charge in [0.05, 0.1) is 25.8 Å². The van der Waals surface area contributed by atoms with Crippen molar-refractivity contribution in [2.75, 3.05) is 13.7 Å². The number of para-hydroxylation sites is 1. The number of carbonyl (C=O) groups is 1. The van der Waals surface area contributed by atoms with Crippen LogP contribution in [0.4, 0.5) is 26.3 Å². The van der Waals surface area contributed by atoms with Gasteiger partial charge in [0, 0.05) is 16.1 Å². The van der Waals surface area contributed by atoms with Crippen LogP contribution in [0.2, 0.25) is 5.02 Å². The van der Waals surface area contributed by atoms with E-state index in [0.717, 1.165) is 13.2 Å². The first-order valence-electron chi connectivity index (χ1n) is 10.9. The molecule has 1 aliphatic heterocycles. The Bertz CT molecular complexity index is 1340. The van der Waals surface area contributed by atoms with Gasteiger partial charge < -0.3 is 18.9 Å². The summed E-state index contributed by atoms with van der Waals surface area (Å²) in [5.41, 5.74) is -0.154. The number of hydrogen-bond donors (Lipinski definition) is 0. The van der Waals surface area contributed by atoms with Gasteiger partial charge in [-0.05, 0) is 31.2 Å². The van der Waals surface area contributed by atoms with Crippen LogP contribution in [0.15, 0.2) is 36.4 Å². The van der Waals surface area contributed by atoms with E-state index in [1.165, 1.54) is 37.3 Å². The van der Waals surface area contributed by atoms with Gasteiger partial charge >= 0.3 is 18.5 Å². The Morgan fingerprint density at radius 3 is 2.47 bits per heavy atom. The molecule has 4 rings (SSSR count). The van der Waals surface area contributed by atoms with Gasteiger partial charge in [-0.1, -0.05) is 23.7 Å². The summed E-state index contributed by atoms with van der Waals surface area (Å²) in [4.78, 5) is 12.4. The lowest BCUT2D eigenvalue weighted by Crippen LogP contribution is -2.19. The Morgan fingerprint density at radius 2 is 1.84 bits per heavy atom. The van der Waals surface area contributed by atoms with Gasteiger partial charge in [-0.3, -0.25) is 9.36 Å². The summed E-state index contributed by atoms with van der Waals surface area (Å²) in [6.45, 7) is 1.52. The first-order chi connectivity index (χ1) is 17.8. The van der Waals surface area contributed by atoms with Crippen LogP contribution in [-0.2, 0) is 20.4 Å². The van der Waals surface area contributed by atoms with Crippen molar-refractivity contribution in [1.29, 1.82) is 0 Å². The summed E-state index contributed by atoms with van der Waals surface area (Å²) in [6.07, 6.45) is -13.5. The standard InChI is InChI=1S/C23H18ClF6N3O5/c1-3-36-17(34)10-16-20-31-32-21(22(25,26)27)33(20)14-8-7-11(24)9-13(14)18(37-16)12-5-4-6-15(19(12)35-2)38-23(28,29)30/h4-9,16,18H,3,10H2,1-2H3/t16-,18-/m0/s1. The van der Waals surface area contributed by atoms with Gasteiger partial charge in [-0.25, -0.2) is 0 Å². The maximum Gasteiger partial charge on any atom is 0.573 e. The number of methoxy groups -OCH3 is 1. The van der Waals surface area contributed by atoms with Crippen LogP contribution in [0.5, 0.6) is 11.5 Å². The average molecular weight is 566 g/mol. The van der Waals surface area contributed by atoms with Crippen molar-refractivity contribution in [3.8, 4) is 17.2 Å². The van der Waals surface area contributed by atoms with E-state index in [0.29, 0.717) is 4.57 Å². The molecule has 0 N–H and O–H groups in total. The van der Waals surface area contributed by atoms with Crippen molar-refractivity contribution in [3.05, 3.63) is 64.2 Å². The molecule has 38 heavy (non-hydrogen) atoms. The molecule has 0 spiro atoms. The molecule has 0 fully saturated rings. The molecule has 8 nitrogen and oxygen atoms in total. The molecule has 0 saturated carbocycles. The Balaban J connectivity index is 1.98. The van der Waals surface area contributed by atoms with Gasteiger partial charge in [-0.15, -0.1) is 23.4 Å². The number of aromatic nitrogens is 3. The molecule has 3 aromatic rings. The van der Waals surface area contributed by atoms with Crippen molar-refractivity contribution in [1.82, 2.24) is 14.8 Å². The van der Waals surface area contributed by atoms with Crippen LogP contribution < -0.4 is 9.47 Å². The lowest BCUT2D eigenvalue weighted by molar-refractivity contribution is -0.275. The van der Waals surface area contributed by atoms with E-state index in [-0.39, 0.29) is 34.3 Å². The smallest absolute Gasteiger partial charge is 0.492 e. The predicted molar refractivity (Wildman–Crippen MR) is 118 cm³/mol. The molecule has 2 aromatic carbocycles. The number of carbonyl (C=O) groups excluding carboxylic acids is 1. The molecule has 15 heteroatoms. The second kappa shape index (κ2) is 10.3. The quantitative estimate of drug-likeness (QED) is 0.269. The monoisotopic (exact) mass is 565 g/mol. The van der Waals surface area contributed by atoms with Crippen molar-refractivity contribution in [2.45, 2.75) is 38.1 Å². The third-order valence-corrected chi connectivity index (χ3v) is 5.66. The van der Waals surface area contributed by atoms with E-state index in [1.54, 1.807) is 0 Å². The second-order valence-electron chi connectivity index (χ2n) is 7.86. The molecule has 2 heterocycles. The number of esters is 1. The molecule has 204 valence electrons. The highest BCUT2D eigenvalue weighted by Crippen LogP contribution is 2.48. The van der Waals surface area contributed by atoms with Gasteiger partial charge in [0.2, 0.25) is 5.82 Å². The number of alkyl halides is 6. The number of nitrogens with zero attached hydrogens (tertiary/aromatic N) is 3. The van der Waals surface area contributed by atoms with Gasteiger partial charge in [-0.2, -0.15) is 13.2 Å². The molecule has 1 aliphatic rings. The number of halogens is 7. The zero-order valence-corrected chi connectivity index (χ0v) is 20.3. The fourth-order valence-corrected chi connectivity index (χ4v) is 4.26. The predicted octanol–water partition coefficient (Wildman–Crippen LogP) is 5.96. The van der Waals surface area contributed by atoms with Crippen LogP contribution in [0.3, 0.4) is 0 Å². The summed E-state index contributed by atoms with van der Waals surface area (Å²) in [7, 11) is 1.09. The fraction of sp³-hybridized carbons (Fsp3) is 0.348. The lowest BCUT2D eigenvalue weighted by atomic mass is 9.98. The van der Waals surface area contributed by atoms with Crippen LogP contribution in [0.25, 0.3) is 5.69 Å². The van der Waals surface area contributed by atoms with Crippen LogP contribution in [0.1, 0.15) is 48.3 Å². The Morgan fingerprint density at radius 1 is 1.11 bits per heavy atom. The maximum atomic E-state index is 13.9. The number of ether oxygens (including phenoxy) is 4. The summed E-state index contributed by atoms with van der Waals surface area (Å²) in [6, 6.07) is 7.42. The summed E-state index contributed by atoms with van der Waals surface area (Å²) in [5.74, 6) is -3.71. The third kappa shape index (κ3) is 5.50. The van der Waals surface area contributed by atoms with Gasteiger partial charge in [0.25, 0.3) is 0 Å². The van der Waals surface area contributed by atoms with Gasteiger partial charge in [0.1, 0.15) is 12.2 Å². The molecule has 0 amide bonds. The number of benzene rings is 2. The Kier molecular flexibility index (Phi) is 7.48. The lowest BCUT2D eigenvalue weighted by Gasteiger charge is -2.25. The average Bonchev–Trinajstić information content (AvgIpc) is 3.22. The summed E-state index contributed by atoms with van der Waals surface area (Å²) >= 11 is 6.17. The molecule has 0 radical (unpaired) electrons. The molecule has 1 aromatic heterocycles. The maximum absolute atomic E-state index is 13.9. The highest BCUT2D eigenvalue weighted by molar-refractivity contribution is 6.30. The normalized spacial score (nSPS) is 17.3. The number of hydrogen-bond acceptors (Lipinski definition) is 7. The molecule has 0 saturated heterocycles. The van der Waals surface area contributed by atoms with Crippen LogP contribution in [-0.4, -0.2) is 40.8 Å². The van der Waals surface area contributed by atoms with E-state index in [4.69, 9.17) is 25.8 Å². The molecule has 0 unspecified atom stereocenters. The fourth-order valence-electron chi connectivity index (χ4n) is 4.08. The molecular formula is C23H18ClF6N3O5.